The van der Waals surface area contributed by atoms with E-state index in [2.05, 4.69) is 15.7 Å². The summed E-state index contributed by atoms with van der Waals surface area (Å²) in [6, 6.07) is 16.8. The molecule has 1 aromatic heterocycles. The molecule has 0 saturated carbocycles. The zero-order chi connectivity index (χ0) is 20.8. The normalized spacial score (nSPS) is 10.7. The molecule has 2 aromatic carbocycles. The molecule has 0 aliphatic carbocycles. The number of hydrogen-bond acceptors (Lipinski definition) is 4. The lowest BCUT2D eigenvalue weighted by Crippen LogP contribution is -2.17. The minimum absolute atomic E-state index is 0.0823. The Morgan fingerprint density at radius 2 is 1.79 bits per heavy atom. The molecule has 29 heavy (non-hydrogen) atoms. The Bertz CT molecular complexity index is 998. The summed E-state index contributed by atoms with van der Waals surface area (Å²) in [5.74, 6) is -0.448. The van der Waals surface area contributed by atoms with Crippen LogP contribution in [0, 0.1) is 0 Å². The highest BCUT2D eigenvalue weighted by Gasteiger charge is 2.12. The second kappa shape index (κ2) is 9.36. The number of rotatable bonds is 8. The van der Waals surface area contributed by atoms with Crippen LogP contribution in [0.4, 0.5) is 5.82 Å². The molecule has 3 rings (SSSR count). The van der Waals surface area contributed by atoms with Crippen molar-refractivity contribution in [2.24, 2.45) is 0 Å². The number of hydrogen-bond donors (Lipinski definition) is 3. The van der Waals surface area contributed by atoms with Gasteiger partial charge in [-0.25, -0.2) is 4.68 Å². The van der Waals surface area contributed by atoms with E-state index in [4.69, 9.17) is 16.7 Å². The van der Waals surface area contributed by atoms with Gasteiger partial charge >= 0.3 is 5.97 Å². The van der Waals surface area contributed by atoms with Gasteiger partial charge in [-0.2, -0.15) is 5.10 Å². The highest BCUT2D eigenvalue weighted by Crippen LogP contribution is 2.26. The van der Waals surface area contributed by atoms with Crippen LogP contribution in [0.15, 0.2) is 54.6 Å². The fraction of sp³-hybridized carbons (Fsp3) is 0.190. The molecule has 0 radical (unpaired) electrons. The summed E-state index contributed by atoms with van der Waals surface area (Å²) in [6.07, 6.45) is 0.0823. The molecule has 3 aromatic rings. The fourth-order valence-corrected chi connectivity index (χ4v) is 2.92. The third-order valence-corrected chi connectivity index (χ3v) is 4.43. The van der Waals surface area contributed by atoms with Crippen LogP contribution in [0.2, 0.25) is 5.02 Å². The second-order valence-electron chi connectivity index (χ2n) is 6.50. The fourth-order valence-electron chi connectivity index (χ4n) is 2.79. The molecule has 0 fully saturated rings. The van der Waals surface area contributed by atoms with E-state index in [0.717, 1.165) is 16.8 Å². The average molecular weight is 413 g/mol. The second-order valence-corrected chi connectivity index (χ2v) is 6.94. The van der Waals surface area contributed by atoms with E-state index in [0.29, 0.717) is 29.6 Å². The highest BCUT2D eigenvalue weighted by molar-refractivity contribution is 6.30. The number of nitrogens with one attached hydrogen (secondary N) is 2. The van der Waals surface area contributed by atoms with Crippen molar-refractivity contribution in [2.75, 3.05) is 11.9 Å². The van der Waals surface area contributed by atoms with Crippen LogP contribution >= 0.6 is 11.6 Å². The van der Waals surface area contributed by atoms with E-state index in [1.54, 1.807) is 16.8 Å². The van der Waals surface area contributed by atoms with Crippen molar-refractivity contribution in [3.63, 3.8) is 0 Å². The van der Waals surface area contributed by atoms with Gasteiger partial charge in [-0.15, -0.1) is 0 Å². The number of carbonyl (C=O) groups is 2. The third kappa shape index (κ3) is 5.66. The van der Waals surface area contributed by atoms with Crippen molar-refractivity contribution in [1.82, 2.24) is 15.1 Å². The number of halogens is 1. The van der Waals surface area contributed by atoms with Crippen molar-refractivity contribution in [1.29, 1.82) is 0 Å². The Morgan fingerprint density at radius 1 is 1.10 bits per heavy atom. The van der Waals surface area contributed by atoms with E-state index in [-0.39, 0.29) is 12.3 Å². The molecule has 0 unspecified atom stereocenters. The molecule has 8 heteroatoms. The molecule has 3 N–H and O–H groups in total. The maximum Gasteiger partial charge on any atom is 0.304 e. The lowest BCUT2D eigenvalue weighted by atomic mass is 10.1. The van der Waals surface area contributed by atoms with E-state index in [1.165, 1.54) is 6.92 Å². The highest BCUT2D eigenvalue weighted by atomic mass is 35.5. The predicted octanol–water partition coefficient (Wildman–Crippen LogP) is 3.72. The molecule has 7 nitrogen and oxygen atoms in total. The number of nitrogens with zero attached hydrogens (tertiary/aromatic N) is 2. The Hall–Kier alpha value is -3.16. The van der Waals surface area contributed by atoms with Gasteiger partial charge in [0, 0.05) is 36.7 Å². The average Bonchev–Trinajstić information content (AvgIpc) is 3.09. The predicted molar refractivity (Wildman–Crippen MR) is 112 cm³/mol. The van der Waals surface area contributed by atoms with E-state index < -0.39 is 5.97 Å². The molecule has 0 spiro atoms. The largest absolute Gasteiger partial charge is 0.481 e. The molecular formula is C21H21ClN4O3. The lowest BCUT2D eigenvalue weighted by Gasteiger charge is -2.09. The summed E-state index contributed by atoms with van der Waals surface area (Å²) in [7, 11) is 0. The molecule has 1 amide bonds. The lowest BCUT2D eigenvalue weighted by molar-refractivity contribution is -0.136. The smallest absolute Gasteiger partial charge is 0.304 e. The zero-order valence-corrected chi connectivity index (χ0v) is 16.6. The van der Waals surface area contributed by atoms with Crippen LogP contribution in [0.5, 0.6) is 0 Å². The molecular weight excluding hydrogens is 392 g/mol. The minimum Gasteiger partial charge on any atom is -0.481 e. The summed E-state index contributed by atoms with van der Waals surface area (Å²) >= 11 is 5.96. The first kappa shape index (κ1) is 20.6. The number of anilines is 1. The zero-order valence-electron chi connectivity index (χ0n) is 15.9. The number of carboxylic acid groups (broad SMARTS) is 1. The van der Waals surface area contributed by atoms with Gasteiger partial charge in [0.1, 0.15) is 5.82 Å². The van der Waals surface area contributed by atoms with E-state index in [9.17, 15) is 9.59 Å². The van der Waals surface area contributed by atoms with Gasteiger partial charge in [0.05, 0.1) is 17.8 Å². The van der Waals surface area contributed by atoms with E-state index in [1.807, 2.05) is 42.5 Å². The van der Waals surface area contributed by atoms with Gasteiger partial charge in [0.25, 0.3) is 0 Å². The maximum absolute atomic E-state index is 11.6. The third-order valence-electron chi connectivity index (χ3n) is 4.18. The van der Waals surface area contributed by atoms with Crippen molar-refractivity contribution in [3.8, 4) is 16.9 Å². The summed E-state index contributed by atoms with van der Waals surface area (Å²) in [4.78, 5) is 22.2. The van der Waals surface area contributed by atoms with Crippen LogP contribution in [0.25, 0.3) is 16.9 Å². The Labute approximate surface area is 173 Å². The van der Waals surface area contributed by atoms with Gasteiger partial charge < -0.3 is 15.7 Å². The Morgan fingerprint density at radius 3 is 2.41 bits per heavy atom. The van der Waals surface area contributed by atoms with Gasteiger partial charge in [0.2, 0.25) is 5.91 Å². The number of amides is 1. The molecule has 0 aliphatic rings. The maximum atomic E-state index is 11.6. The van der Waals surface area contributed by atoms with Crippen molar-refractivity contribution < 1.29 is 14.7 Å². The molecule has 0 aliphatic heterocycles. The quantitative estimate of drug-likeness (QED) is 0.490. The molecule has 0 saturated heterocycles. The van der Waals surface area contributed by atoms with Gasteiger partial charge in [-0.1, -0.05) is 35.9 Å². The van der Waals surface area contributed by atoms with Crippen molar-refractivity contribution >= 4 is 29.3 Å². The van der Waals surface area contributed by atoms with Crippen LogP contribution in [0.1, 0.15) is 18.9 Å². The van der Waals surface area contributed by atoms with Gasteiger partial charge in [-0.05, 0) is 29.8 Å². The summed E-state index contributed by atoms with van der Waals surface area (Å²) < 4.78 is 1.67. The Balaban J connectivity index is 1.81. The summed E-state index contributed by atoms with van der Waals surface area (Å²) in [6.45, 7) is 2.43. The number of aliphatic carboxylic acids is 1. The molecule has 0 bridgehead atoms. The molecule has 150 valence electrons. The monoisotopic (exact) mass is 412 g/mol. The number of benzene rings is 2. The number of aromatic nitrogens is 2. The van der Waals surface area contributed by atoms with Crippen LogP contribution in [0.3, 0.4) is 0 Å². The van der Waals surface area contributed by atoms with Gasteiger partial charge in [0.15, 0.2) is 0 Å². The van der Waals surface area contributed by atoms with Crippen LogP contribution < -0.4 is 10.6 Å². The first-order valence-corrected chi connectivity index (χ1v) is 9.45. The first-order valence-electron chi connectivity index (χ1n) is 9.08. The van der Waals surface area contributed by atoms with Gasteiger partial charge in [-0.3, -0.25) is 9.59 Å². The summed E-state index contributed by atoms with van der Waals surface area (Å²) in [5.41, 5.74) is 3.41. The SMILES string of the molecule is CC(=O)Nc1cc(-c2ccc(Cl)cc2)nn1-c1ccc(CNCCC(=O)O)cc1. The minimum atomic E-state index is -0.825. The van der Waals surface area contributed by atoms with Crippen molar-refractivity contribution in [2.45, 2.75) is 19.9 Å². The Kier molecular flexibility index (Phi) is 6.64. The molecule has 1 heterocycles. The topological polar surface area (TPSA) is 96.3 Å². The molecule has 0 atom stereocenters. The standard InChI is InChI=1S/C21H21ClN4O3/c1-14(27)24-20-12-19(16-4-6-17(22)7-5-16)25-26(20)18-8-2-15(3-9-18)13-23-11-10-21(28)29/h2-9,12,23H,10-11,13H2,1H3,(H,24,27)(H,28,29). The number of carboxylic acids is 1. The van der Waals surface area contributed by atoms with E-state index >= 15 is 0 Å². The first-order chi connectivity index (χ1) is 13.9. The summed E-state index contributed by atoms with van der Waals surface area (Å²) in [5, 5.41) is 19.8. The number of carbonyl (C=O) groups excluding carboxylic acids is 1. The van der Waals surface area contributed by atoms with Crippen LogP contribution in [-0.4, -0.2) is 33.3 Å². The van der Waals surface area contributed by atoms with Crippen LogP contribution in [-0.2, 0) is 16.1 Å². The van der Waals surface area contributed by atoms with Crippen molar-refractivity contribution in [3.05, 3.63) is 65.2 Å².